The van der Waals surface area contributed by atoms with Gasteiger partial charge < -0.3 is 50.9 Å². The molecule has 4 aliphatic heterocycles. The summed E-state index contributed by atoms with van der Waals surface area (Å²) in [5, 5.41) is 9.61. The van der Waals surface area contributed by atoms with Gasteiger partial charge in [-0.25, -0.2) is 24.1 Å². The maximum atomic E-state index is 14.6. The van der Waals surface area contributed by atoms with Gasteiger partial charge in [0.05, 0.1) is 41.0 Å². The Morgan fingerprint density at radius 3 is 2.35 bits per heavy atom. The molecule has 6 amide bonds. The number of halogens is 1. The van der Waals surface area contributed by atoms with Crippen LogP contribution in [0.3, 0.4) is 0 Å². The second kappa shape index (κ2) is 25.4. The minimum atomic E-state index is -1.24. The number of rotatable bonds is 23. The quantitative estimate of drug-likeness (QED) is 0.0517. The lowest BCUT2D eigenvalue weighted by Crippen LogP contribution is -2.57. The first-order valence-electron chi connectivity index (χ1n) is 28.7. The first kappa shape index (κ1) is 57.3. The number of thiazole rings is 1. The number of likely N-dealkylation sites (N-methyl/N-ethyl adjacent to an activating group) is 1. The molecule has 1 aliphatic carbocycles. The maximum absolute atomic E-state index is 14.6. The van der Waals surface area contributed by atoms with Crippen LogP contribution in [0.1, 0.15) is 144 Å². The second-order valence-electron chi connectivity index (χ2n) is 23.5. The van der Waals surface area contributed by atoms with Crippen molar-refractivity contribution in [3.8, 4) is 16.2 Å². The van der Waals surface area contributed by atoms with Crippen molar-refractivity contribution in [2.75, 3.05) is 76.2 Å². The van der Waals surface area contributed by atoms with E-state index < -0.39 is 29.1 Å². The van der Waals surface area contributed by atoms with Gasteiger partial charge in [-0.2, -0.15) is 0 Å². The molecule has 426 valence electrons. The third kappa shape index (κ3) is 14.3. The Morgan fingerprint density at radius 1 is 0.911 bits per heavy atom. The number of hydrogen-bond donors (Lipinski definition) is 4. The minimum Gasteiger partial charge on any atom is -0.493 e. The number of carbonyl (C=O) groups excluding carboxylic acids is 5. The predicted octanol–water partition coefficient (Wildman–Crippen LogP) is 8.33. The zero-order valence-corrected chi connectivity index (χ0v) is 47.7. The molecule has 0 spiro atoms. The Labute approximate surface area is 468 Å². The Bertz CT molecular complexity index is 2800. The van der Waals surface area contributed by atoms with Crippen molar-refractivity contribution >= 4 is 58.3 Å². The zero-order valence-electron chi connectivity index (χ0n) is 46.9. The smallest absolute Gasteiger partial charge is 0.320 e. The summed E-state index contributed by atoms with van der Waals surface area (Å²) in [4.78, 5) is 90.5. The number of nitrogens with one attached hydrogen (secondary N) is 3. The molecule has 0 unspecified atom stereocenters. The highest BCUT2D eigenvalue weighted by Crippen LogP contribution is 2.40. The fraction of sp³-hybridized carbons (Fsp3) is 0.593. The third-order valence-electron chi connectivity index (χ3n) is 16.6. The summed E-state index contributed by atoms with van der Waals surface area (Å²) in [5.41, 5.74) is 10.7. The van der Waals surface area contributed by atoms with Crippen molar-refractivity contribution in [2.24, 2.45) is 11.1 Å². The van der Waals surface area contributed by atoms with Crippen molar-refractivity contribution in [1.82, 2.24) is 45.2 Å². The summed E-state index contributed by atoms with van der Waals surface area (Å²) in [6.07, 6.45) is 12.6. The number of alkyl halides is 1. The maximum Gasteiger partial charge on any atom is 0.320 e. The standard InChI is InChI=1S/C59H81FN12O6S/c1-39-51(79-38-65-39)42-16-17-43(34-63-55(75)46-14-12-27-72(46)56(76)52(58(2,3)4)64-37-59(60)24-25-59)47(33-42)78-32-10-8-6-7-9-15-49(73)69-28-22-41(23-29-69)40-18-20-44(21-19-40)66-54-50(53(61)74)62-35-48(67-54)70-26-11-13-45(36-70)71-31-30-68(5)57(71)77/h16-21,33,35,38,41,45-46,52,64H,6-15,22-32,34,36-37H2,1-5H3,(H2,61,74)(H,63,75)(H,66,67)/t45-,46+,52-/m1/s1. The number of piperidine rings is 2. The lowest BCUT2D eigenvalue weighted by molar-refractivity contribution is -0.142. The van der Waals surface area contributed by atoms with Gasteiger partial charge >= 0.3 is 6.03 Å². The first-order chi connectivity index (χ1) is 37.9. The molecule has 3 atom stereocenters. The van der Waals surface area contributed by atoms with Gasteiger partial charge in [0.1, 0.15) is 23.3 Å². The highest BCUT2D eigenvalue weighted by Gasteiger charge is 2.46. The molecule has 9 rings (SSSR count). The van der Waals surface area contributed by atoms with E-state index in [0.29, 0.717) is 75.2 Å². The van der Waals surface area contributed by atoms with Gasteiger partial charge in [0.25, 0.3) is 5.91 Å². The fourth-order valence-electron chi connectivity index (χ4n) is 11.6. The molecule has 2 aromatic carbocycles. The summed E-state index contributed by atoms with van der Waals surface area (Å²) in [5.74, 6) is 1.12. The van der Waals surface area contributed by atoms with Crippen LogP contribution in [0.2, 0.25) is 0 Å². The molecule has 79 heavy (non-hydrogen) atoms. The molecular formula is C59H81FN12O6S. The summed E-state index contributed by atoms with van der Waals surface area (Å²) < 4.78 is 21.1. The Kier molecular flexibility index (Phi) is 18.4. The van der Waals surface area contributed by atoms with E-state index in [0.717, 1.165) is 118 Å². The van der Waals surface area contributed by atoms with Crippen LogP contribution in [0.25, 0.3) is 10.4 Å². The Hall–Kier alpha value is -6.41. The molecule has 5 aliphatic rings. The molecule has 0 radical (unpaired) electrons. The van der Waals surface area contributed by atoms with E-state index in [1.807, 2.05) is 80.4 Å². The summed E-state index contributed by atoms with van der Waals surface area (Å²) in [6.45, 7) is 13.6. The lowest BCUT2D eigenvalue weighted by Gasteiger charge is -2.37. The number of hydrogen-bond acceptors (Lipinski definition) is 13. The molecule has 4 aromatic rings. The highest BCUT2D eigenvalue weighted by atomic mass is 32.1. The summed E-state index contributed by atoms with van der Waals surface area (Å²) >= 11 is 1.57. The fourth-order valence-corrected chi connectivity index (χ4v) is 12.4. The minimum absolute atomic E-state index is 0.0547. The van der Waals surface area contributed by atoms with Crippen molar-refractivity contribution in [2.45, 2.75) is 154 Å². The summed E-state index contributed by atoms with van der Waals surface area (Å²) in [6, 6.07) is 13.1. The number of amides is 6. The number of nitrogens with zero attached hydrogens (tertiary/aromatic N) is 8. The number of urea groups is 1. The van der Waals surface area contributed by atoms with E-state index in [1.165, 1.54) is 5.56 Å². The van der Waals surface area contributed by atoms with E-state index in [4.69, 9.17) is 15.5 Å². The van der Waals surface area contributed by atoms with Crippen molar-refractivity contribution < 1.29 is 33.1 Å². The van der Waals surface area contributed by atoms with Crippen molar-refractivity contribution in [3.05, 3.63) is 76.7 Å². The molecule has 6 heterocycles. The topological polar surface area (TPSA) is 212 Å². The average Bonchev–Trinajstić information content (AvgIpc) is 3.78. The van der Waals surface area contributed by atoms with Crippen LogP contribution in [0.15, 0.2) is 54.2 Å². The Morgan fingerprint density at radius 2 is 1.66 bits per heavy atom. The van der Waals surface area contributed by atoms with E-state index in [9.17, 15) is 28.4 Å². The van der Waals surface area contributed by atoms with Crippen LogP contribution in [0, 0.1) is 12.3 Å². The number of benzene rings is 2. The number of ether oxygens (including phenoxy) is 1. The number of carbonyl (C=O) groups is 5. The van der Waals surface area contributed by atoms with Crippen LogP contribution < -0.4 is 31.3 Å². The van der Waals surface area contributed by atoms with E-state index >= 15 is 0 Å². The molecule has 20 heteroatoms. The molecule has 5 N–H and O–H groups in total. The average molecular weight is 1110 g/mol. The number of aryl methyl sites for hydroxylation is 1. The zero-order chi connectivity index (χ0) is 55.8. The normalized spacial score (nSPS) is 19.9. The van der Waals surface area contributed by atoms with Gasteiger partial charge in [-0.05, 0) is 112 Å². The molecule has 18 nitrogen and oxygen atoms in total. The number of aromatic nitrogens is 3. The number of unbranched alkanes of at least 4 members (excludes halogenated alkanes) is 4. The monoisotopic (exact) mass is 1100 g/mol. The van der Waals surface area contributed by atoms with Gasteiger partial charge in [0, 0.05) is 83.6 Å². The van der Waals surface area contributed by atoms with Crippen LogP contribution in [-0.4, -0.2) is 154 Å². The lowest BCUT2D eigenvalue weighted by atomic mass is 9.85. The van der Waals surface area contributed by atoms with E-state index in [2.05, 4.69) is 43.0 Å². The van der Waals surface area contributed by atoms with Crippen LogP contribution in [0.5, 0.6) is 5.75 Å². The van der Waals surface area contributed by atoms with Gasteiger partial charge in [-0.1, -0.05) is 64.3 Å². The number of likely N-dealkylation sites (tertiary alicyclic amines) is 2. The van der Waals surface area contributed by atoms with E-state index in [1.54, 1.807) is 27.3 Å². The number of nitrogens with two attached hydrogens (primary N) is 1. The second-order valence-corrected chi connectivity index (χ2v) is 24.4. The molecule has 1 saturated carbocycles. The van der Waals surface area contributed by atoms with Crippen LogP contribution in [0.4, 0.5) is 26.5 Å². The van der Waals surface area contributed by atoms with Crippen LogP contribution in [-0.2, 0) is 20.9 Å². The molecule has 5 fully saturated rings. The third-order valence-corrected chi connectivity index (χ3v) is 17.6. The van der Waals surface area contributed by atoms with Gasteiger partial charge in [0.2, 0.25) is 17.7 Å². The first-order valence-corrected chi connectivity index (χ1v) is 29.6. The molecule has 2 aromatic heterocycles. The van der Waals surface area contributed by atoms with Gasteiger partial charge in [-0.15, -0.1) is 11.3 Å². The molecule has 4 saturated heterocycles. The SMILES string of the molecule is Cc1ncsc1-c1ccc(CNC(=O)[C@@H]2CCCN2C(=O)[C@@H](NCC2(F)CC2)C(C)(C)C)c(OCCCCCCCC(=O)N2CCC(c3ccc(Nc4nc(N5CCC[C@@H](N6CCN(C)C6=O)C5)cnc4C(N)=O)cc3)CC2)c1. The van der Waals surface area contributed by atoms with Crippen LogP contribution >= 0.6 is 11.3 Å². The predicted molar refractivity (Wildman–Crippen MR) is 305 cm³/mol. The molecule has 0 bridgehead atoms. The van der Waals surface area contributed by atoms with Crippen molar-refractivity contribution in [3.63, 3.8) is 0 Å². The summed E-state index contributed by atoms with van der Waals surface area (Å²) in [7, 11) is 1.83. The number of anilines is 3. The number of primary amides is 1. The van der Waals surface area contributed by atoms with Crippen molar-refractivity contribution in [1.29, 1.82) is 0 Å². The largest absolute Gasteiger partial charge is 0.493 e. The van der Waals surface area contributed by atoms with Gasteiger partial charge in [-0.3, -0.25) is 19.2 Å². The van der Waals surface area contributed by atoms with Gasteiger partial charge in [0.15, 0.2) is 11.5 Å². The Balaban J connectivity index is 0.695. The molecular weight excluding hydrogens is 1020 g/mol. The highest BCUT2D eigenvalue weighted by molar-refractivity contribution is 7.13. The van der Waals surface area contributed by atoms with E-state index in [-0.39, 0.29) is 48.6 Å².